The van der Waals surface area contributed by atoms with E-state index in [-0.39, 0.29) is 24.0 Å². The molecule has 33 heavy (non-hydrogen) atoms. The quantitative estimate of drug-likeness (QED) is 0.537. The van der Waals surface area contributed by atoms with E-state index in [4.69, 9.17) is 4.74 Å². The Labute approximate surface area is 195 Å². The Bertz CT molecular complexity index is 1190. The van der Waals surface area contributed by atoms with Crippen LogP contribution in [-0.2, 0) is 23.2 Å². The number of nitrogens with one attached hydrogen (secondary N) is 1. The van der Waals surface area contributed by atoms with Crippen molar-refractivity contribution in [2.75, 3.05) is 13.1 Å². The van der Waals surface area contributed by atoms with Gasteiger partial charge in [0.15, 0.2) is 0 Å². The summed E-state index contributed by atoms with van der Waals surface area (Å²) in [5.74, 6) is 0.456. The summed E-state index contributed by atoms with van der Waals surface area (Å²) in [5.41, 5.74) is 1.84. The molecule has 1 N–H and O–H groups in total. The topological polar surface area (TPSA) is 75.7 Å². The van der Waals surface area contributed by atoms with Crippen LogP contribution in [0.1, 0.15) is 40.7 Å². The lowest BCUT2D eigenvalue weighted by Gasteiger charge is -2.26. The van der Waals surface area contributed by atoms with Crippen LogP contribution in [-0.4, -0.2) is 31.7 Å². The third-order valence-corrected chi connectivity index (χ3v) is 7.74. The van der Waals surface area contributed by atoms with Gasteiger partial charge in [0.1, 0.15) is 12.4 Å². The average Bonchev–Trinajstić information content (AvgIpc) is 2.87. The summed E-state index contributed by atoms with van der Waals surface area (Å²) in [5, 5.41) is 2.89. The van der Waals surface area contributed by atoms with Crippen molar-refractivity contribution in [2.45, 2.75) is 37.3 Å². The molecule has 172 valence electrons. The van der Waals surface area contributed by atoms with Gasteiger partial charge in [0.05, 0.1) is 4.90 Å². The summed E-state index contributed by atoms with van der Waals surface area (Å²) in [4.78, 5) is 13.2. The van der Waals surface area contributed by atoms with Crippen LogP contribution in [0.2, 0.25) is 0 Å². The van der Waals surface area contributed by atoms with E-state index in [0.29, 0.717) is 24.2 Å². The fourth-order valence-corrected chi connectivity index (χ4v) is 5.70. The molecule has 3 aromatic rings. The van der Waals surface area contributed by atoms with Crippen molar-refractivity contribution in [1.82, 2.24) is 9.62 Å². The molecule has 0 saturated carbocycles. The molecule has 0 bridgehead atoms. The molecule has 1 aliphatic rings. The smallest absolute Gasteiger partial charge is 0.251 e. The minimum absolute atomic E-state index is 0.121. The van der Waals surface area contributed by atoms with Gasteiger partial charge >= 0.3 is 0 Å². The van der Waals surface area contributed by atoms with Crippen LogP contribution in [0, 0.1) is 0 Å². The molecule has 0 aliphatic carbocycles. The van der Waals surface area contributed by atoms with Gasteiger partial charge in [0, 0.05) is 30.8 Å². The largest absolute Gasteiger partial charge is 0.489 e. The van der Waals surface area contributed by atoms with Crippen LogP contribution in [0.4, 0.5) is 0 Å². The molecule has 6 nitrogen and oxygen atoms in total. The van der Waals surface area contributed by atoms with Crippen LogP contribution in [0.5, 0.6) is 5.75 Å². The fraction of sp³-hybridized carbons (Fsp3) is 0.269. The Hall–Kier alpha value is -3.16. The Kier molecular flexibility index (Phi) is 7.42. The number of para-hydroxylation sites is 1. The van der Waals surface area contributed by atoms with Crippen LogP contribution < -0.4 is 10.1 Å². The maximum absolute atomic E-state index is 13.2. The van der Waals surface area contributed by atoms with Crippen molar-refractivity contribution in [1.29, 1.82) is 0 Å². The fourth-order valence-electron chi connectivity index (χ4n) is 3.96. The summed E-state index contributed by atoms with van der Waals surface area (Å²) in [6.45, 7) is 1.46. The van der Waals surface area contributed by atoms with E-state index in [9.17, 15) is 13.2 Å². The van der Waals surface area contributed by atoms with Crippen LogP contribution >= 0.6 is 0 Å². The summed E-state index contributed by atoms with van der Waals surface area (Å²) in [6, 6.07) is 23.6. The highest BCUT2D eigenvalue weighted by atomic mass is 32.2. The van der Waals surface area contributed by atoms with Crippen LogP contribution in [0.15, 0.2) is 83.8 Å². The van der Waals surface area contributed by atoms with Crippen molar-refractivity contribution in [3.8, 4) is 5.75 Å². The van der Waals surface area contributed by atoms with Gasteiger partial charge in [-0.1, -0.05) is 61.0 Å². The second-order valence-electron chi connectivity index (χ2n) is 8.01. The molecule has 0 atom stereocenters. The van der Waals surface area contributed by atoms with Gasteiger partial charge in [-0.15, -0.1) is 0 Å². The molecule has 7 heteroatoms. The number of hydrogen-bond donors (Lipinski definition) is 1. The number of rotatable bonds is 8. The van der Waals surface area contributed by atoms with Gasteiger partial charge < -0.3 is 10.1 Å². The van der Waals surface area contributed by atoms with E-state index in [1.54, 1.807) is 40.7 Å². The van der Waals surface area contributed by atoms with E-state index < -0.39 is 10.0 Å². The van der Waals surface area contributed by atoms with Crippen molar-refractivity contribution >= 4 is 15.9 Å². The first-order valence-corrected chi connectivity index (χ1v) is 12.6. The maximum Gasteiger partial charge on any atom is 0.251 e. The number of benzene rings is 3. The third kappa shape index (κ3) is 5.61. The highest BCUT2D eigenvalue weighted by Crippen LogP contribution is 2.24. The molecular formula is C26H28N2O4S. The molecule has 1 fully saturated rings. The first kappa shape index (κ1) is 23.0. The highest BCUT2D eigenvalue weighted by Gasteiger charge is 2.28. The molecule has 0 aromatic heterocycles. The Balaban J connectivity index is 1.47. The Morgan fingerprint density at radius 2 is 1.45 bits per heavy atom. The first-order valence-electron chi connectivity index (χ1n) is 11.2. The number of hydrogen-bond acceptors (Lipinski definition) is 4. The SMILES string of the molecule is O=C(NCc1ccccc1S(=O)(=O)N1CCCCC1)c1ccccc1COc1ccccc1. The van der Waals surface area contributed by atoms with Gasteiger partial charge in [0.25, 0.3) is 5.91 Å². The van der Waals surface area contributed by atoms with E-state index >= 15 is 0 Å². The van der Waals surface area contributed by atoms with Gasteiger partial charge in [-0.2, -0.15) is 4.31 Å². The predicted molar refractivity (Wildman–Crippen MR) is 127 cm³/mol. The van der Waals surface area contributed by atoms with E-state index in [1.807, 2.05) is 42.5 Å². The lowest BCUT2D eigenvalue weighted by molar-refractivity contribution is 0.0948. The van der Waals surface area contributed by atoms with Crippen molar-refractivity contribution in [2.24, 2.45) is 0 Å². The zero-order chi connectivity index (χ0) is 23.1. The van der Waals surface area contributed by atoms with Gasteiger partial charge in [-0.05, 0) is 42.7 Å². The minimum Gasteiger partial charge on any atom is -0.489 e. The summed E-state index contributed by atoms with van der Waals surface area (Å²) >= 11 is 0. The van der Waals surface area contributed by atoms with E-state index in [0.717, 1.165) is 30.6 Å². The standard InChI is InChI=1S/C26H28N2O4S/c29-26(24-15-7-5-12-22(24)20-32-23-13-3-1-4-14-23)27-19-21-11-6-8-16-25(21)33(30,31)28-17-9-2-10-18-28/h1,3-8,11-16H,2,9-10,17-20H2,(H,27,29). The minimum atomic E-state index is -3.59. The van der Waals surface area contributed by atoms with E-state index in [1.165, 1.54) is 0 Å². The first-order chi connectivity index (χ1) is 16.1. The summed E-state index contributed by atoms with van der Waals surface area (Å²) in [6.07, 6.45) is 2.80. The monoisotopic (exact) mass is 464 g/mol. The van der Waals surface area contributed by atoms with Gasteiger partial charge in [-0.25, -0.2) is 8.42 Å². The Morgan fingerprint density at radius 3 is 2.21 bits per heavy atom. The number of amides is 1. The number of sulfonamides is 1. The maximum atomic E-state index is 13.2. The molecule has 1 amide bonds. The lowest BCUT2D eigenvalue weighted by Crippen LogP contribution is -2.36. The number of carbonyl (C=O) groups excluding carboxylic acids is 1. The molecule has 1 saturated heterocycles. The second kappa shape index (κ2) is 10.6. The molecule has 0 unspecified atom stereocenters. The van der Waals surface area contributed by atoms with Gasteiger partial charge in [-0.3, -0.25) is 4.79 Å². The van der Waals surface area contributed by atoms with E-state index in [2.05, 4.69) is 5.32 Å². The zero-order valence-electron chi connectivity index (χ0n) is 18.4. The number of ether oxygens (including phenoxy) is 1. The van der Waals surface area contributed by atoms with Gasteiger partial charge in [0.2, 0.25) is 10.0 Å². The zero-order valence-corrected chi connectivity index (χ0v) is 19.3. The molecule has 1 heterocycles. The highest BCUT2D eigenvalue weighted by molar-refractivity contribution is 7.89. The molecule has 0 spiro atoms. The summed E-state index contributed by atoms with van der Waals surface area (Å²) in [7, 11) is -3.59. The van der Waals surface area contributed by atoms with Crippen LogP contribution in [0.25, 0.3) is 0 Å². The predicted octanol–water partition coefficient (Wildman–Crippen LogP) is 4.37. The molecule has 4 rings (SSSR count). The van der Waals surface area contributed by atoms with Crippen molar-refractivity contribution < 1.29 is 17.9 Å². The Morgan fingerprint density at radius 1 is 0.818 bits per heavy atom. The number of carbonyl (C=O) groups is 1. The normalized spacial score (nSPS) is 14.5. The second-order valence-corrected chi connectivity index (χ2v) is 9.92. The molecular weight excluding hydrogens is 436 g/mol. The molecule has 0 radical (unpaired) electrons. The third-order valence-electron chi connectivity index (χ3n) is 5.74. The number of piperidine rings is 1. The van der Waals surface area contributed by atoms with Crippen molar-refractivity contribution in [3.63, 3.8) is 0 Å². The molecule has 1 aliphatic heterocycles. The molecule has 3 aromatic carbocycles. The van der Waals surface area contributed by atoms with Crippen molar-refractivity contribution in [3.05, 3.63) is 95.6 Å². The average molecular weight is 465 g/mol. The number of nitrogens with zero attached hydrogens (tertiary/aromatic N) is 1. The summed E-state index contributed by atoms with van der Waals surface area (Å²) < 4.78 is 33.7. The van der Waals surface area contributed by atoms with Crippen LogP contribution in [0.3, 0.4) is 0 Å². The lowest BCUT2D eigenvalue weighted by atomic mass is 10.1.